The van der Waals surface area contributed by atoms with Gasteiger partial charge in [0.25, 0.3) is 5.91 Å². The number of nitrogens with zero attached hydrogens (tertiary/aromatic N) is 1. The highest BCUT2D eigenvalue weighted by atomic mass is 16.2. The summed E-state index contributed by atoms with van der Waals surface area (Å²) in [4.78, 5) is 31.9. The Labute approximate surface area is 144 Å². The van der Waals surface area contributed by atoms with Crippen molar-refractivity contribution in [2.45, 2.75) is 6.42 Å². The minimum Gasteiger partial charge on any atom is -0.350 e. The number of hydrogen-bond acceptors (Lipinski definition) is 3. The molecule has 2 aromatic heterocycles. The van der Waals surface area contributed by atoms with Crippen molar-refractivity contribution < 1.29 is 9.59 Å². The minimum atomic E-state index is -0.242. The van der Waals surface area contributed by atoms with Gasteiger partial charge in [0.2, 0.25) is 5.91 Å². The van der Waals surface area contributed by atoms with Gasteiger partial charge in [-0.15, -0.1) is 0 Å². The molecule has 3 heterocycles. The van der Waals surface area contributed by atoms with E-state index in [2.05, 4.69) is 20.6 Å². The highest BCUT2D eigenvalue weighted by Gasteiger charge is 2.23. The summed E-state index contributed by atoms with van der Waals surface area (Å²) >= 11 is 0. The normalized spacial score (nSPS) is 15.5. The number of fused-ring (bicyclic) bond motifs is 3. The largest absolute Gasteiger partial charge is 0.350 e. The van der Waals surface area contributed by atoms with Gasteiger partial charge in [-0.2, -0.15) is 0 Å². The van der Waals surface area contributed by atoms with Gasteiger partial charge in [0, 0.05) is 35.3 Å². The molecule has 1 aromatic carbocycles. The Morgan fingerprint density at radius 1 is 1.20 bits per heavy atom. The van der Waals surface area contributed by atoms with E-state index in [0.717, 1.165) is 22.0 Å². The highest BCUT2D eigenvalue weighted by Crippen LogP contribution is 2.32. The third kappa shape index (κ3) is 2.89. The molecule has 1 aliphatic rings. The molecular weight excluding hydrogens is 316 g/mol. The summed E-state index contributed by atoms with van der Waals surface area (Å²) in [7, 11) is 0. The van der Waals surface area contributed by atoms with Crippen LogP contribution in [-0.2, 0) is 4.79 Å². The molecule has 2 amide bonds. The second-order valence-electron chi connectivity index (χ2n) is 5.83. The number of amides is 2. The van der Waals surface area contributed by atoms with Crippen LogP contribution in [0.1, 0.15) is 22.5 Å². The molecule has 0 spiro atoms. The number of hydrogen-bond donors (Lipinski definition) is 3. The number of aromatic amines is 1. The van der Waals surface area contributed by atoms with Gasteiger partial charge in [0.05, 0.1) is 11.9 Å². The van der Waals surface area contributed by atoms with Crippen molar-refractivity contribution >= 4 is 34.0 Å². The summed E-state index contributed by atoms with van der Waals surface area (Å²) in [6.45, 7) is 0.488. The van der Waals surface area contributed by atoms with Crippen LogP contribution in [-0.4, -0.2) is 28.3 Å². The lowest BCUT2D eigenvalue weighted by molar-refractivity contribution is -0.111. The van der Waals surface area contributed by atoms with Crippen molar-refractivity contribution in [2.24, 2.45) is 0 Å². The Bertz CT molecular complexity index is 989. The third-order valence-electron chi connectivity index (χ3n) is 4.17. The van der Waals surface area contributed by atoms with Crippen LogP contribution in [0.25, 0.3) is 16.5 Å². The molecule has 3 N–H and O–H groups in total. The van der Waals surface area contributed by atoms with Gasteiger partial charge in [-0.3, -0.25) is 14.6 Å². The molecule has 124 valence electrons. The second-order valence-corrected chi connectivity index (χ2v) is 5.83. The first-order valence-electron chi connectivity index (χ1n) is 8.03. The molecule has 0 saturated heterocycles. The maximum absolute atomic E-state index is 12.4. The molecule has 0 unspecified atom stereocenters. The van der Waals surface area contributed by atoms with E-state index in [1.165, 1.54) is 0 Å². The molecule has 0 radical (unpaired) electrons. The fraction of sp³-hybridized carbons (Fsp3) is 0.105. The average molecular weight is 332 g/mol. The molecule has 0 atom stereocenters. The Morgan fingerprint density at radius 3 is 2.92 bits per heavy atom. The summed E-state index contributed by atoms with van der Waals surface area (Å²) < 4.78 is 0. The second kappa shape index (κ2) is 6.24. The summed E-state index contributed by atoms with van der Waals surface area (Å²) in [5.74, 6) is -0.393. The lowest BCUT2D eigenvalue weighted by Gasteiger charge is -2.06. The van der Waals surface area contributed by atoms with E-state index in [9.17, 15) is 9.59 Å². The maximum atomic E-state index is 12.4. The van der Waals surface area contributed by atoms with Crippen molar-refractivity contribution in [3.05, 3.63) is 66.1 Å². The lowest BCUT2D eigenvalue weighted by Crippen LogP contribution is -2.22. The monoisotopic (exact) mass is 332 g/mol. The zero-order valence-electron chi connectivity index (χ0n) is 13.4. The van der Waals surface area contributed by atoms with Crippen LogP contribution in [0.5, 0.6) is 0 Å². The van der Waals surface area contributed by atoms with Gasteiger partial charge in [-0.05, 0) is 30.2 Å². The Kier molecular flexibility index (Phi) is 3.78. The van der Waals surface area contributed by atoms with Gasteiger partial charge in [0.1, 0.15) is 5.69 Å². The smallest absolute Gasteiger partial charge is 0.268 e. The number of carbonyl (C=O) groups is 2. The van der Waals surface area contributed by atoms with Gasteiger partial charge >= 0.3 is 0 Å². The fourth-order valence-electron chi connectivity index (χ4n) is 3.09. The number of anilines is 1. The third-order valence-corrected chi connectivity index (χ3v) is 4.17. The molecule has 0 aliphatic carbocycles. The first-order chi connectivity index (χ1) is 12.2. The zero-order chi connectivity index (χ0) is 17.2. The minimum absolute atomic E-state index is 0.151. The average Bonchev–Trinajstić information content (AvgIpc) is 2.94. The molecular formula is C19H16N4O2. The highest BCUT2D eigenvalue weighted by molar-refractivity contribution is 6.11. The molecule has 4 rings (SSSR count). The van der Waals surface area contributed by atoms with E-state index < -0.39 is 0 Å². The van der Waals surface area contributed by atoms with Crippen molar-refractivity contribution in [3.8, 4) is 0 Å². The number of pyridine rings is 1. The molecule has 0 saturated carbocycles. The predicted molar refractivity (Wildman–Crippen MR) is 96.1 cm³/mol. The van der Waals surface area contributed by atoms with Crippen LogP contribution in [0.3, 0.4) is 0 Å². The number of nitrogens with one attached hydrogen (secondary N) is 3. The van der Waals surface area contributed by atoms with E-state index in [-0.39, 0.29) is 11.8 Å². The van der Waals surface area contributed by atoms with Gasteiger partial charge < -0.3 is 15.6 Å². The van der Waals surface area contributed by atoms with Crippen LogP contribution in [0.4, 0.5) is 5.69 Å². The molecule has 25 heavy (non-hydrogen) atoms. The number of aromatic nitrogens is 2. The molecule has 0 fully saturated rings. The first-order valence-corrected chi connectivity index (χ1v) is 8.03. The molecule has 0 bridgehead atoms. The molecule has 6 nitrogen and oxygen atoms in total. The summed E-state index contributed by atoms with van der Waals surface area (Å²) in [5.41, 5.74) is 3.63. The first kappa shape index (κ1) is 15.1. The standard InChI is InChI=1S/C19H16N4O2/c24-16(22-13-4-3-8-20-11-13)10-12-7-9-21-19(25)18-17(12)14-5-1-2-6-15(14)23-18/h1-6,8,10-11,23H,7,9H2,(H,21,25)(H,22,24). The van der Waals surface area contributed by atoms with Crippen LogP contribution in [0, 0.1) is 0 Å². The zero-order valence-corrected chi connectivity index (χ0v) is 13.4. The topological polar surface area (TPSA) is 86.9 Å². The Balaban J connectivity index is 1.76. The summed E-state index contributed by atoms with van der Waals surface area (Å²) in [6, 6.07) is 11.2. The van der Waals surface area contributed by atoms with Crippen LogP contribution >= 0.6 is 0 Å². The molecule has 3 aromatic rings. The predicted octanol–water partition coefficient (Wildman–Crippen LogP) is 2.72. The summed E-state index contributed by atoms with van der Waals surface area (Å²) in [6.07, 6.45) is 5.38. The number of carbonyl (C=O) groups excluding carboxylic acids is 2. The number of benzene rings is 1. The Hall–Kier alpha value is -3.41. The number of rotatable bonds is 2. The van der Waals surface area contributed by atoms with Crippen molar-refractivity contribution in [1.29, 1.82) is 0 Å². The van der Waals surface area contributed by atoms with Gasteiger partial charge in [-0.25, -0.2) is 0 Å². The van der Waals surface area contributed by atoms with Crippen LogP contribution in [0.2, 0.25) is 0 Å². The lowest BCUT2D eigenvalue weighted by atomic mass is 9.99. The SMILES string of the molecule is O=C(C=C1CCNC(=O)c2[nH]c3ccccc3c21)Nc1cccnc1. The van der Waals surface area contributed by atoms with Crippen LogP contribution in [0.15, 0.2) is 54.9 Å². The maximum Gasteiger partial charge on any atom is 0.268 e. The van der Waals surface area contributed by atoms with E-state index in [1.807, 2.05) is 24.3 Å². The van der Waals surface area contributed by atoms with E-state index in [4.69, 9.17) is 0 Å². The van der Waals surface area contributed by atoms with Crippen molar-refractivity contribution in [1.82, 2.24) is 15.3 Å². The quantitative estimate of drug-likeness (QED) is 0.631. The summed E-state index contributed by atoms with van der Waals surface area (Å²) in [5, 5.41) is 6.60. The fourth-order valence-corrected chi connectivity index (χ4v) is 3.09. The molecule has 1 aliphatic heterocycles. The van der Waals surface area contributed by atoms with Gasteiger partial charge in [-0.1, -0.05) is 18.2 Å². The van der Waals surface area contributed by atoms with Crippen molar-refractivity contribution in [2.75, 3.05) is 11.9 Å². The Morgan fingerprint density at radius 2 is 2.08 bits per heavy atom. The molecule has 6 heteroatoms. The van der Waals surface area contributed by atoms with Crippen LogP contribution < -0.4 is 10.6 Å². The number of H-pyrrole nitrogens is 1. The van der Waals surface area contributed by atoms with Gasteiger partial charge in [0.15, 0.2) is 0 Å². The van der Waals surface area contributed by atoms with E-state index >= 15 is 0 Å². The van der Waals surface area contributed by atoms with E-state index in [0.29, 0.717) is 24.3 Å². The van der Waals surface area contributed by atoms with Crippen molar-refractivity contribution in [3.63, 3.8) is 0 Å². The number of para-hydroxylation sites is 1. The van der Waals surface area contributed by atoms with E-state index in [1.54, 1.807) is 30.6 Å².